The molecular formula is C11H12N6O2. The topological polar surface area (TPSA) is 119 Å². The van der Waals surface area contributed by atoms with Crippen LogP contribution in [0.4, 0.5) is 23.1 Å². The van der Waals surface area contributed by atoms with E-state index in [0.29, 0.717) is 5.69 Å². The molecule has 0 aliphatic carbocycles. The van der Waals surface area contributed by atoms with Crippen LogP contribution in [-0.2, 0) is 0 Å². The van der Waals surface area contributed by atoms with Gasteiger partial charge in [-0.2, -0.15) is 4.98 Å². The number of nitro groups is 1. The summed E-state index contributed by atoms with van der Waals surface area (Å²) in [5, 5.41) is 13.9. The lowest BCUT2D eigenvalue weighted by molar-refractivity contribution is -0.385. The van der Waals surface area contributed by atoms with E-state index >= 15 is 0 Å². The van der Waals surface area contributed by atoms with Crippen LogP contribution in [0.15, 0.2) is 30.3 Å². The Morgan fingerprint density at radius 2 is 1.95 bits per heavy atom. The van der Waals surface area contributed by atoms with Gasteiger partial charge in [0.15, 0.2) is 0 Å². The number of aryl methyl sites for hydroxylation is 1. The van der Waals surface area contributed by atoms with Crippen LogP contribution in [-0.4, -0.2) is 14.9 Å². The molecule has 1 aromatic heterocycles. The first-order valence-corrected chi connectivity index (χ1v) is 5.43. The van der Waals surface area contributed by atoms with E-state index in [2.05, 4.69) is 20.7 Å². The van der Waals surface area contributed by atoms with Crippen molar-refractivity contribution in [2.75, 3.05) is 10.7 Å². The summed E-state index contributed by atoms with van der Waals surface area (Å²) in [5.41, 5.74) is 3.01. The molecule has 1 heterocycles. The molecule has 8 heteroatoms. The van der Waals surface area contributed by atoms with Gasteiger partial charge in [0.05, 0.1) is 4.92 Å². The fourth-order valence-corrected chi connectivity index (χ4v) is 1.60. The second kappa shape index (κ2) is 5.27. The molecule has 0 atom stereocenters. The minimum absolute atomic E-state index is 0.0941. The molecule has 2 aromatic rings. The van der Waals surface area contributed by atoms with Crippen molar-refractivity contribution in [2.24, 2.45) is 5.84 Å². The molecule has 0 amide bonds. The van der Waals surface area contributed by atoms with Gasteiger partial charge in [0.1, 0.15) is 5.69 Å². The first-order valence-electron chi connectivity index (χ1n) is 5.43. The smallest absolute Gasteiger partial charge is 0.332 e. The summed E-state index contributed by atoms with van der Waals surface area (Å²) < 4.78 is 0. The number of nitrogen functional groups attached to an aromatic ring is 1. The van der Waals surface area contributed by atoms with Crippen LogP contribution < -0.4 is 16.6 Å². The quantitative estimate of drug-likeness (QED) is 0.435. The van der Waals surface area contributed by atoms with Gasteiger partial charge in [0, 0.05) is 5.69 Å². The number of aromatic nitrogens is 2. The Kier molecular flexibility index (Phi) is 3.53. The van der Waals surface area contributed by atoms with Gasteiger partial charge < -0.3 is 5.32 Å². The molecule has 98 valence electrons. The highest BCUT2D eigenvalue weighted by molar-refractivity contribution is 5.68. The Labute approximate surface area is 108 Å². The van der Waals surface area contributed by atoms with Crippen molar-refractivity contribution >= 4 is 23.1 Å². The van der Waals surface area contributed by atoms with Crippen LogP contribution in [0.1, 0.15) is 5.69 Å². The minimum atomic E-state index is -0.527. The van der Waals surface area contributed by atoms with Crippen LogP contribution in [0.25, 0.3) is 0 Å². The lowest BCUT2D eigenvalue weighted by Crippen LogP contribution is -2.13. The highest BCUT2D eigenvalue weighted by Gasteiger charge is 2.21. The van der Waals surface area contributed by atoms with Crippen LogP contribution in [0.3, 0.4) is 0 Å². The second-order valence-electron chi connectivity index (χ2n) is 3.72. The number of rotatable bonds is 4. The fraction of sp³-hybridized carbons (Fsp3) is 0.0909. The van der Waals surface area contributed by atoms with Crippen LogP contribution >= 0.6 is 0 Å². The first-order chi connectivity index (χ1) is 9.11. The molecule has 0 aliphatic rings. The number of hydrazine groups is 1. The van der Waals surface area contributed by atoms with E-state index in [0.717, 1.165) is 0 Å². The van der Waals surface area contributed by atoms with E-state index < -0.39 is 4.92 Å². The number of para-hydroxylation sites is 1. The van der Waals surface area contributed by atoms with E-state index in [4.69, 9.17) is 5.84 Å². The molecule has 4 N–H and O–H groups in total. The van der Waals surface area contributed by atoms with E-state index in [-0.39, 0.29) is 23.1 Å². The van der Waals surface area contributed by atoms with Crippen molar-refractivity contribution in [3.63, 3.8) is 0 Å². The highest BCUT2D eigenvalue weighted by atomic mass is 16.6. The summed E-state index contributed by atoms with van der Waals surface area (Å²) in [6.07, 6.45) is 0. The van der Waals surface area contributed by atoms with Crippen molar-refractivity contribution in [2.45, 2.75) is 6.92 Å². The largest absolute Gasteiger partial charge is 0.334 e. The van der Waals surface area contributed by atoms with Crippen molar-refractivity contribution < 1.29 is 4.92 Å². The molecule has 8 nitrogen and oxygen atoms in total. The Hall–Kier alpha value is -2.74. The molecule has 0 aliphatic heterocycles. The summed E-state index contributed by atoms with van der Waals surface area (Å²) in [4.78, 5) is 18.4. The zero-order valence-electron chi connectivity index (χ0n) is 10.1. The molecular weight excluding hydrogens is 248 g/mol. The number of benzene rings is 1. The van der Waals surface area contributed by atoms with Gasteiger partial charge in [-0.25, -0.2) is 10.8 Å². The van der Waals surface area contributed by atoms with E-state index in [9.17, 15) is 10.1 Å². The monoisotopic (exact) mass is 260 g/mol. The Morgan fingerprint density at radius 3 is 2.53 bits per heavy atom. The van der Waals surface area contributed by atoms with Gasteiger partial charge in [0.2, 0.25) is 11.8 Å². The molecule has 19 heavy (non-hydrogen) atoms. The highest BCUT2D eigenvalue weighted by Crippen LogP contribution is 2.28. The lowest BCUT2D eigenvalue weighted by atomic mass is 10.3. The predicted octanol–water partition coefficient (Wildman–Crippen LogP) is 1.72. The van der Waals surface area contributed by atoms with Crippen LogP contribution in [0, 0.1) is 17.0 Å². The molecule has 0 radical (unpaired) electrons. The van der Waals surface area contributed by atoms with Gasteiger partial charge in [-0.15, -0.1) is 0 Å². The molecule has 0 unspecified atom stereocenters. The molecule has 2 rings (SSSR count). The van der Waals surface area contributed by atoms with Gasteiger partial charge in [-0.3, -0.25) is 15.5 Å². The third-order valence-corrected chi connectivity index (χ3v) is 2.41. The van der Waals surface area contributed by atoms with Gasteiger partial charge >= 0.3 is 5.69 Å². The summed E-state index contributed by atoms with van der Waals surface area (Å²) in [6.45, 7) is 1.52. The standard InChI is InChI=1S/C11H12N6O2/c1-7-9(17(18)19)10(15-11(13-7)16-12)14-8-5-3-2-4-6-8/h2-6H,12H2,1H3,(H2,13,14,15,16). The molecule has 0 fully saturated rings. The zero-order valence-corrected chi connectivity index (χ0v) is 10.1. The lowest BCUT2D eigenvalue weighted by Gasteiger charge is -2.09. The molecule has 0 saturated heterocycles. The number of hydrogen-bond acceptors (Lipinski definition) is 7. The Morgan fingerprint density at radius 1 is 1.26 bits per heavy atom. The van der Waals surface area contributed by atoms with E-state index in [1.54, 1.807) is 12.1 Å². The summed E-state index contributed by atoms with van der Waals surface area (Å²) >= 11 is 0. The van der Waals surface area contributed by atoms with Gasteiger partial charge in [-0.1, -0.05) is 18.2 Å². The summed E-state index contributed by atoms with van der Waals surface area (Å²) in [5.74, 6) is 5.44. The third-order valence-electron chi connectivity index (χ3n) is 2.41. The molecule has 1 aromatic carbocycles. The van der Waals surface area contributed by atoms with Crippen molar-refractivity contribution in [1.82, 2.24) is 9.97 Å². The van der Waals surface area contributed by atoms with E-state index in [1.807, 2.05) is 18.2 Å². The van der Waals surface area contributed by atoms with Crippen LogP contribution in [0.2, 0.25) is 0 Å². The first kappa shape index (κ1) is 12.7. The summed E-state index contributed by atoms with van der Waals surface area (Å²) in [6, 6.07) is 9.01. The van der Waals surface area contributed by atoms with Gasteiger partial charge in [-0.05, 0) is 19.1 Å². The Balaban J connectivity index is 2.48. The SMILES string of the molecule is Cc1nc(NN)nc(Nc2ccccc2)c1[N+](=O)[O-]. The maximum Gasteiger partial charge on any atom is 0.332 e. The zero-order chi connectivity index (χ0) is 13.8. The minimum Gasteiger partial charge on any atom is -0.334 e. The number of hydrogen-bond donors (Lipinski definition) is 3. The Bertz CT molecular complexity index is 602. The third kappa shape index (κ3) is 2.75. The maximum absolute atomic E-state index is 11.1. The average molecular weight is 260 g/mol. The van der Waals surface area contributed by atoms with Crippen molar-refractivity contribution in [3.8, 4) is 0 Å². The predicted molar refractivity (Wildman–Crippen MR) is 71.0 cm³/mol. The number of nitrogens with zero attached hydrogens (tertiary/aromatic N) is 3. The van der Waals surface area contributed by atoms with Gasteiger partial charge in [0.25, 0.3) is 0 Å². The van der Waals surface area contributed by atoms with Crippen LogP contribution in [0.5, 0.6) is 0 Å². The van der Waals surface area contributed by atoms with E-state index in [1.165, 1.54) is 6.92 Å². The molecule has 0 spiro atoms. The number of anilines is 3. The normalized spacial score (nSPS) is 10.0. The summed E-state index contributed by atoms with van der Waals surface area (Å²) in [7, 11) is 0. The fourth-order valence-electron chi connectivity index (χ4n) is 1.60. The molecule has 0 saturated carbocycles. The second-order valence-corrected chi connectivity index (χ2v) is 3.72. The maximum atomic E-state index is 11.1. The average Bonchev–Trinajstić information content (AvgIpc) is 2.38. The van der Waals surface area contributed by atoms with Crippen molar-refractivity contribution in [1.29, 1.82) is 0 Å². The number of nitrogens with one attached hydrogen (secondary N) is 2. The molecule has 0 bridgehead atoms. The van der Waals surface area contributed by atoms with Crippen molar-refractivity contribution in [3.05, 3.63) is 46.1 Å². The number of nitrogens with two attached hydrogens (primary N) is 1.